The first kappa shape index (κ1) is 24.7. The van der Waals surface area contributed by atoms with Crippen LogP contribution in [0.2, 0.25) is 0 Å². The predicted octanol–water partition coefficient (Wildman–Crippen LogP) is 5.63. The number of aromatic amines is 1. The van der Waals surface area contributed by atoms with Crippen LogP contribution in [0.15, 0.2) is 59.5 Å². The number of anilines is 2. The third-order valence-corrected chi connectivity index (χ3v) is 7.23. The third kappa shape index (κ3) is 5.74. The number of hydrogen-bond donors (Lipinski definition) is 2. The summed E-state index contributed by atoms with van der Waals surface area (Å²) < 4.78 is 0. The molecule has 0 spiro atoms. The molecule has 8 heteroatoms. The number of allylic oxidation sites excluding steroid dienone is 2. The van der Waals surface area contributed by atoms with Gasteiger partial charge in [-0.15, -0.1) is 0 Å². The summed E-state index contributed by atoms with van der Waals surface area (Å²) >= 11 is 0. The number of aromatic nitrogens is 3. The summed E-state index contributed by atoms with van der Waals surface area (Å²) in [5.74, 6) is 0.696. The van der Waals surface area contributed by atoms with Crippen molar-refractivity contribution in [3.05, 3.63) is 65.8 Å². The molecule has 0 bridgehead atoms. The number of amides is 1. The van der Waals surface area contributed by atoms with Crippen molar-refractivity contribution < 1.29 is 4.79 Å². The van der Waals surface area contributed by atoms with Gasteiger partial charge >= 0.3 is 0 Å². The number of nitrogens with one attached hydrogen (secondary N) is 2. The first-order chi connectivity index (χ1) is 18.1. The number of fused-ring (bicyclic) bond motifs is 1. The molecule has 1 aromatic carbocycles. The zero-order valence-corrected chi connectivity index (χ0v) is 21.5. The summed E-state index contributed by atoms with van der Waals surface area (Å²) in [6.45, 7) is 9.87. The molecule has 0 radical (unpaired) electrons. The fraction of sp³-hybridized carbons (Fsp3) is 0.379. The highest BCUT2D eigenvalue weighted by Crippen LogP contribution is 2.26. The van der Waals surface area contributed by atoms with E-state index in [0.29, 0.717) is 11.4 Å². The number of likely N-dealkylation sites (tertiary alicyclic amines) is 1. The Kier molecular flexibility index (Phi) is 7.63. The average Bonchev–Trinajstić information content (AvgIpc) is 3.38. The second-order valence-corrected chi connectivity index (χ2v) is 9.85. The number of nitrogens with zero attached hydrogens (tertiary/aromatic N) is 5. The standard InChI is InChI=1S/C29H35N7O/c1-21(17-24(20-30-2)35-13-5-3-6-14-35)22-9-11-26-25(18-22)28(34-33-26)29(37)32-23-10-12-27(31-19-23)36-15-7-4-8-16-36/h9-12,17-20H,2-8,13-16H2,1H3,(H,32,37)(H,33,34)/b21-17+,24-20+. The highest BCUT2D eigenvalue weighted by Gasteiger charge is 2.17. The Bertz CT molecular complexity index is 1310. The molecular weight excluding hydrogens is 462 g/mol. The van der Waals surface area contributed by atoms with Gasteiger partial charge in [0, 0.05) is 37.8 Å². The highest BCUT2D eigenvalue weighted by molar-refractivity contribution is 6.11. The molecule has 192 valence electrons. The van der Waals surface area contributed by atoms with Gasteiger partial charge in [0.1, 0.15) is 5.82 Å². The van der Waals surface area contributed by atoms with E-state index in [1.54, 1.807) is 6.20 Å². The van der Waals surface area contributed by atoms with E-state index in [-0.39, 0.29) is 5.91 Å². The minimum atomic E-state index is -0.262. The molecule has 5 rings (SSSR count). The minimum Gasteiger partial charge on any atom is -0.370 e. The Morgan fingerprint density at radius 3 is 2.51 bits per heavy atom. The highest BCUT2D eigenvalue weighted by atomic mass is 16.1. The maximum atomic E-state index is 13.1. The van der Waals surface area contributed by atoms with E-state index in [1.807, 2.05) is 36.5 Å². The van der Waals surface area contributed by atoms with Crippen molar-refractivity contribution in [3.63, 3.8) is 0 Å². The molecule has 4 heterocycles. The first-order valence-corrected chi connectivity index (χ1v) is 13.2. The number of benzene rings is 1. The molecule has 2 aliphatic heterocycles. The monoisotopic (exact) mass is 497 g/mol. The average molecular weight is 498 g/mol. The summed E-state index contributed by atoms with van der Waals surface area (Å²) in [5.41, 5.74) is 5.03. The summed E-state index contributed by atoms with van der Waals surface area (Å²) in [6, 6.07) is 9.92. The number of hydrogen-bond acceptors (Lipinski definition) is 6. The Hall–Kier alpha value is -3.94. The van der Waals surface area contributed by atoms with Gasteiger partial charge in [-0.25, -0.2) is 4.98 Å². The van der Waals surface area contributed by atoms with Crippen LogP contribution in [-0.2, 0) is 0 Å². The number of rotatable bonds is 7. The zero-order chi connectivity index (χ0) is 25.6. The van der Waals surface area contributed by atoms with Crippen LogP contribution >= 0.6 is 0 Å². The number of aliphatic imine (C=N–C) groups is 1. The van der Waals surface area contributed by atoms with Gasteiger partial charge in [-0.05, 0) is 93.6 Å². The lowest BCUT2D eigenvalue weighted by Gasteiger charge is -2.29. The summed E-state index contributed by atoms with van der Waals surface area (Å²) in [7, 11) is 0. The van der Waals surface area contributed by atoms with E-state index < -0.39 is 0 Å². The summed E-state index contributed by atoms with van der Waals surface area (Å²) in [6.07, 6.45) is 13.0. The first-order valence-electron chi connectivity index (χ1n) is 13.2. The molecule has 1 amide bonds. The van der Waals surface area contributed by atoms with Crippen LogP contribution in [0.5, 0.6) is 0 Å². The van der Waals surface area contributed by atoms with Gasteiger partial charge in [-0.1, -0.05) is 6.07 Å². The quantitative estimate of drug-likeness (QED) is 0.326. The largest absolute Gasteiger partial charge is 0.370 e. The molecule has 8 nitrogen and oxygen atoms in total. The Labute approximate surface area is 218 Å². The van der Waals surface area contributed by atoms with Crippen LogP contribution in [0.25, 0.3) is 16.5 Å². The van der Waals surface area contributed by atoms with Crippen molar-refractivity contribution in [1.82, 2.24) is 20.1 Å². The number of H-pyrrole nitrogens is 1. The maximum absolute atomic E-state index is 13.1. The van der Waals surface area contributed by atoms with Crippen LogP contribution in [-0.4, -0.2) is 58.9 Å². The van der Waals surface area contributed by atoms with E-state index in [1.165, 1.54) is 38.5 Å². The van der Waals surface area contributed by atoms with Crippen molar-refractivity contribution in [2.24, 2.45) is 4.99 Å². The molecule has 37 heavy (non-hydrogen) atoms. The van der Waals surface area contributed by atoms with Gasteiger partial charge in [0.2, 0.25) is 0 Å². The summed E-state index contributed by atoms with van der Waals surface area (Å²) in [4.78, 5) is 26.4. The normalized spacial score (nSPS) is 17.2. The third-order valence-electron chi connectivity index (χ3n) is 7.23. The second-order valence-electron chi connectivity index (χ2n) is 9.85. The number of piperidine rings is 2. The van der Waals surface area contributed by atoms with Crippen molar-refractivity contribution in [2.75, 3.05) is 36.4 Å². The molecule has 2 N–H and O–H groups in total. The Morgan fingerprint density at radius 2 is 1.81 bits per heavy atom. The van der Waals surface area contributed by atoms with E-state index in [0.717, 1.165) is 59.7 Å². The summed E-state index contributed by atoms with van der Waals surface area (Å²) in [5, 5.41) is 11.0. The lowest BCUT2D eigenvalue weighted by atomic mass is 10.0. The van der Waals surface area contributed by atoms with E-state index in [9.17, 15) is 4.79 Å². The van der Waals surface area contributed by atoms with Crippen molar-refractivity contribution in [1.29, 1.82) is 0 Å². The van der Waals surface area contributed by atoms with E-state index >= 15 is 0 Å². The molecule has 2 fully saturated rings. The van der Waals surface area contributed by atoms with Crippen LogP contribution in [0.1, 0.15) is 61.5 Å². The van der Waals surface area contributed by atoms with Crippen LogP contribution in [0, 0.1) is 0 Å². The van der Waals surface area contributed by atoms with Crippen molar-refractivity contribution in [3.8, 4) is 0 Å². The van der Waals surface area contributed by atoms with Crippen molar-refractivity contribution >= 4 is 40.6 Å². The van der Waals surface area contributed by atoms with E-state index in [2.05, 4.69) is 55.0 Å². The molecule has 2 aliphatic rings. The molecule has 0 saturated carbocycles. The fourth-order valence-corrected chi connectivity index (χ4v) is 5.15. The Morgan fingerprint density at radius 1 is 1.05 bits per heavy atom. The lowest BCUT2D eigenvalue weighted by molar-refractivity contribution is 0.102. The smallest absolute Gasteiger partial charge is 0.276 e. The predicted molar refractivity (Wildman–Crippen MR) is 151 cm³/mol. The van der Waals surface area contributed by atoms with Crippen molar-refractivity contribution in [2.45, 2.75) is 45.4 Å². The van der Waals surface area contributed by atoms with Gasteiger partial charge in [-0.2, -0.15) is 5.10 Å². The number of carbonyl (C=O) groups excluding carboxylic acids is 1. The maximum Gasteiger partial charge on any atom is 0.276 e. The molecule has 2 saturated heterocycles. The molecule has 0 unspecified atom stereocenters. The van der Waals surface area contributed by atoms with Gasteiger partial charge in [-0.3, -0.25) is 14.9 Å². The minimum absolute atomic E-state index is 0.262. The molecule has 0 aliphatic carbocycles. The SMILES string of the molecule is C=N/C=C(\C=C(/C)c1ccc2[nH]nc(C(=O)Nc3ccc(N4CCCCC4)nc3)c2c1)N1CCCCC1. The molecule has 0 atom stereocenters. The molecule has 2 aromatic heterocycles. The van der Waals surface area contributed by atoms with Gasteiger partial charge in [0.15, 0.2) is 5.69 Å². The van der Waals surface area contributed by atoms with Crippen LogP contribution in [0.4, 0.5) is 11.5 Å². The second kappa shape index (κ2) is 11.4. The molecule has 3 aromatic rings. The van der Waals surface area contributed by atoms with E-state index in [4.69, 9.17) is 0 Å². The number of pyridine rings is 1. The van der Waals surface area contributed by atoms with Gasteiger partial charge in [0.25, 0.3) is 5.91 Å². The van der Waals surface area contributed by atoms with Gasteiger partial charge in [0.05, 0.1) is 23.1 Å². The topological polar surface area (TPSA) is 89.5 Å². The van der Waals surface area contributed by atoms with Crippen LogP contribution in [0.3, 0.4) is 0 Å². The Balaban J connectivity index is 1.34. The van der Waals surface area contributed by atoms with Crippen LogP contribution < -0.4 is 10.2 Å². The lowest BCUT2D eigenvalue weighted by Crippen LogP contribution is -2.30. The fourth-order valence-electron chi connectivity index (χ4n) is 5.15. The molecular formula is C29H35N7O. The van der Waals surface area contributed by atoms with Gasteiger partial charge < -0.3 is 15.1 Å². The zero-order valence-electron chi connectivity index (χ0n) is 21.5. The number of carbonyl (C=O) groups is 1.